The molecular formula is C22H22N2O4. The molecule has 6 nitrogen and oxygen atoms in total. The minimum absolute atomic E-state index is 0.146. The minimum Gasteiger partial charge on any atom is -0.467 e. The van der Waals surface area contributed by atoms with Crippen LogP contribution in [0.1, 0.15) is 23.7 Å². The molecule has 1 aliphatic rings. The Morgan fingerprint density at radius 1 is 1.11 bits per heavy atom. The van der Waals surface area contributed by atoms with E-state index in [0.717, 1.165) is 22.0 Å². The highest BCUT2D eigenvalue weighted by molar-refractivity contribution is 5.92. The lowest BCUT2D eigenvalue weighted by Crippen LogP contribution is -2.56. The molecule has 1 aromatic heterocycles. The van der Waals surface area contributed by atoms with Crippen molar-refractivity contribution in [1.82, 2.24) is 9.88 Å². The molecule has 2 aromatic carbocycles. The Kier molecular flexibility index (Phi) is 4.55. The average molecular weight is 378 g/mol. The van der Waals surface area contributed by atoms with Gasteiger partial charge < -0.3 is 14.5 Å². The summed E-state index contributed by atoms with van der Waals surface area (Å²) in [6, 6.07) is 17.3. The van der Waals surface area contributed by atoms with Crippen molar-refractivity contribution >= 4 is 23.0 Å². The van der Waals surface area contributed by atoms with Crippen LogP contribution in [-0.2, 0) is 32.8 Å². The predicted molar refractivity (Wildman–Crippen MR) is 105 cm³/mol. The molecule has 2 heterocycles. The maximum absolute atomic E-state index is 12.9. The van der Waals surface area contributed by atoms with Gasteiger partial charge in [0.2, 0.25) is 0 Å². The highest BCUT2D eigenvalue weighted by Gasteiger charge is 2.50. The summed E-state index contributed by atoms with van der Waals surface area (Å²) in [4.78, 5) is 30.5. The number of carbonyl (C=O) groups excluding carboxylic acids is 2. The molecule has 1 amide bonds. The quantitative estimate of drug-likeness (QED) is 0.705. The molecule has 3 aromatic rings. The third-order valence-electron chi connectivity index (χ3n) is 5.43. The van der Waals surface area contributed by atoms with Gasteiger partial charge in [0.15, 0.2) is 5.54 Å². The van der Waals surface area contributed by atoms with E-state index in [0.29, 0.717) is 18.7 Å². The van der Waals surface area contributed by atoms with Crippen molar-refractivity contribution < 1.29 is 19.1 Å². The predicted octanol–water partition coefficient (Wildman–Crippen LogP) is 3.75. The average Bonchev–Trinajstić information content (AvgIpc) is 3.12. The van der Waals surface area contributed by atoms with E-state index in [2.05, 4.69) is 4.98 Å². The third-order valence-corrected chi connectivity index (χ3v) is 5.43. The summed E-state index contributed by atoms with van der Waals surface area (Å²) >= 11 is 0. The van der Waals surface area contributed by atoms with E-state index < -0.39 is 17.6 Å². The summed E-state index contributed by atoms with van der Waals surface area (Å²) in [6.07, 6.45) is 0.0906. The van der Waals surface area contributed by atoms with Crippen LogP contribution in [0.5, 0.6) is 0 Å². The number of H-pyrrole nitrogens is 1. The number of aromatic amines is 1. The molecule has 1 atom stereocenters. The normalized spacial score (nSPS) is 18.6. The van der Waals surface area contributed by atoms with Crippen LogP contribution in [-0.4, -0.2) is 35.6 Å². The van der Waals surface area contributed by atoms with E-state index in [1.54, 1.807) is 6.92 Å². The molecule has 0 spiro atoms. The van der Waals surface area contributed by atoms with Crippen molar-refractivity contribution in [3.8, 4) is 0 Å². The summed E-state index contributed by atoms with van der Waals surface area (Å²) < 4.78 is 10.6. The van der Waals surface area contributed by atoms with E-state index in [-0.39, 0.29) is 6.61 Å². The van der Waals surface area contributed by atoms with Crippen molar-refractivity contribution in [2.75, 3.05) is 13.7 Å². The van der Waals surface area contributed by atoms with Crippen molar-refractivity contribution in [2.24, 2.45) is 0 Å². The van der Waals surface area contributed by atoms with E-state index >= 15 is 0 Å². The van der Waals surface area contributed by atoms with Gasteiger partial charge in [-0.25, -0.2) is 9.59 Å². The van der Waals surface area contributed by atoms with E-state index in [9.17, 15) is 9.59 Å². The first-order valence-corrected chi connectivity index (χ1v) is 9.22. The van der Waals surface area contributed by atoms with Gasteiger partial charge in [0.25, 0.3) is 0 Å². The fourth-order valence-corrected chi connectivity index (χ4v) is 3.94. The SMILES string of the molecule is COC(=O)C1(C)c2[nH]c3ccccc3c2CCN1C(=O)OCc1ccccc1. The summed E-state index contributed by atoms with van der Waals surface area (Å²) in [6.45, 7) is 2.22. The van der Waals surface area contributed by atoms with Gasteiger partial charge in [-0.3, -0.25) is 4.90 Å². The van der Waals surface area contributed by atoms with E-state index in [4.69, 9.17) is 9.47 Å². The van der Waals surface area contributed by atoms with Gasteiger partial charge in [-0.1, -0.05) is 48.5 Å². The number of methoxy groups -OCH3 is 1. The number of hydrogen-bond donors (Lipinski definition) is 1. The molecule has 0 bridgehead atoms. The molecule has 28 heavy (non-hydrogen) atoms. The lowest BCUT2D eigenvalue weighted by molar-refractivity contribution is -0.155. The molecule has 1 unspecified atom stereocenters. The second-order valence-electron chi connectivity index (χ2n) is 7.03. The Bertz CT molecular complexity index is 1030. The first kappa shape index (κ1) is 18.1. The number of esters is 1. The van der Waals surface area contributed by atoms with Crippen LogP contribution in [0.15, 0.2) is 54.6 Å². The van der Waals surface area contributed by atoms with Gasteiger partial charge >= 0.3 is 12.1 Å². The second-order valence-corrected chi connectivity index (χ2v) is 7.03. The van der Waals surface area contributed by atoms with Gasteiger partial charge in [-0.15, -0.1) is 0 Å². The first-order valence-electron chi connectivity index (χ1n) is 9.22. The van der Waals surface area contributed by atoms with Gasteiger partial charge in [0, 0.05) is 17.4 Å². The molecule has 6 heteroatoms. The maximum Gasteiger partial charge on any atom is 0.411 e. The largest absolute Gasteiger partial charge is 0.467 e. The Balaban J connectivity index is 1.69. The number of carbonyl (C=O) groups is 2. The van der Waals surface area contributed by atoms with E-state index in [1.807, 2.05) is 54.6 Å². The zero-order valence-electron chi connectivity index (χ0n) is 15.9. The van der Waals surface area contributed by atoms with Crippen LogP contribution in [0.4, 0.5) is 4.79 Å². The molecule has 1 N–H and O–H groups in total. The van der Waals surface area contributed by atoms with Gasteiger partial charge in [-0.2, -0.15) is 0 Å². The van der Waals surface area contributed by atoms with Crippen molar-refractivity contribution in [1.29, 1.82) is 0 Å². The summed E-state index contributed by atoms with van der Waals surface area (Å²) in [5, 5.41) is 1.06. The molecule has 0 fully saturated rings. The molecule has 0 radical (unpaired) electrons. The topological polar surface area (TPSA) is 71.6 Å². The Hall–Kier alpha value is -3.28. The summed E-state index contributed by atoms with van der Waals surface area (Å²) in [5.41, 5.74) is 2.26. The zero-order valence-corrected chi connectivity index (χ0v) is 15.9. The number of rotatable bonds is 3. The van der Waals surface area contributed by atoms with Crippen LogP contribution >= 0.6 is 0 Å². The van der Waals surface area contributed by atoms with E-state index in [1.165, 1.54) is 12.0 Å². The number of benzene rings is 2. The van der Waals surface area contributed by atoms with Gasteiger partial charge in [-0.05, 0) is 30.5 Å². The van der Waals surface area contributed by atoms with Crippen molar-refractivity contribution in [2.45, 2.75) is 25.5 Å². The molecule has 144 valence electrons. The highest BCUT2D eigenvalue weighted by Crippen LogP contribution is 2.40. The van der Waals surface area contributed by atoms with Gasteiger partial charge in [0.1, 0.15) is 6.61 Å². The first-order chi connectivity index (χ1) is 13.6. The van der Waals surface area contributed by atoms with Crippen molar-refractivity contribution in [3.63, 3.8) is 0 Å². The van der Waals surface area contributed by atoms with Crippen LogP contribution in [0, 0.1) is 0 Å². The number of nitrogens with zero attached hydrogens (tertiary/aromatic N) is 1. The lowest BCUT2D eigenvalue weighted by Gasteiger charge is -2.41. The Morgan fingerprint density at radius 3 is 2.57 bits per heavy atom. The number of hydrogen-bond acceptors (Lipinski definition) is 4. The molecule has 1 aliphatic heterocycles. The molecule has 0 aliphatic carbocycles. The summed E-state index contributed by atoms with van der Waals surface area (Å²) in [5.74, 6) is -0.503. The number of nitrogens with one attached hydrogen (secondary N) is 1. The number of fused-ring (bicyclic) bond motifs is 3. The molecular weight excluding hydrogens is 356 g/mol. The lowest BCUT2D eigenvalue weighted by atomic mass is 9.86. The van der Waals surface area contributed by atoms with Crippen molar-refractivity contribution in [3.05, 3.63) is 71.4 Å². The molecule has 4 rings (SSSR count). The standard InChI is InChI=1S/C22H22N2O4/c1-22(20(25)27-2)19-17(16-10-6-7-11-18(16)23-19)12-13-24(22)21(26)28-14-15-8-4-3-5-9-15/h3-11,23H,12-14H2,1-2H3. The fourth-order valence-electron chi connectivity index (χ4n) is 3.94. The molecule has 0 saturated heterocycles. The van der Waals surface area contributed by atoms with Crippen LogP contribution in [0.2, 0.25) is 0 Å². The summed E-state index contributed by atoms with van der Waals surface area (Å²) in [7, 11) is 1.33. The Labute approximate surface area is 163 Å². The highest BCUT2D eigenvalue weighted by atomic mass is 16.6. The molecule has 0 saturated carbocycles. The van der Waals surface area contributed by atoms with Crippen LogP contribution in [0.3, 0.4) is 0 Å². The number of ether oxygens (including phenoxy) is 2. The zero-order chi connectivity index (χ0) is 19.7. The van der Waals surface area contributed by atoms with Crippen LogP contribution in [0.25, 0.3) is 10.9 Å². The third kappa shape index (κ3) is 2.81. The number of aromatic nitrogens is 1. The second kappa shape index (κ2) is 7.03. The monoisotopic (exact) mass is 378 g/mol. The van der Waals surface area contributed by atoms with Crippen LogP contribution < -0.4 is 0 Å². The number of amides is 1. The Morgan fingerprint density at radius 2 is 1.82 bits per heavy atom. The number of para-hydroxylation sites is 1. The maximum atomic E-state index is 12.9. The fraction of sp³-hybridized carbons (Fsp3) is 0.273. The van der Waals surface area contributed by atoms with Gasteiger partial charge in [0.05, 0.1) is 12.8 Å². The minimum atomic E-state index is -1.28. The smallest absolute Gasteiger partial charge is 0.411 e.